The van der Waals surface area contributed by atoms with Crippen LogP contribution < -0.4 is 4.90 Å². The summed E-state index contributed by atoms with van der Waals surface area (Å²) in [6, 6.07) is 9.99. The Hall–Kier alpha value is -1.92. The zero-order valence-electron chi connectivity index (χ0n) is 16.6. The summed E-state index contributed by atoms with van der Waals surface area (Å²) < 4.78 is 0. The molecule has 0 bridgehead atoms. The number of hydrogen-bond acceptors (Lipinski definition) is 4. The van der Waals surface area contributed by atoms with Crippen molar-refractivity contribution in [1.29, 1.82) is 0 Å². The topological polar surface area (TPSA) is 47.1 Å². The van der Waals surface area contributed by atoms with Crippen molar-refractivity contribution in [1.82, 2.24) is 14.7 Å². The van der Waals surface area contributed by atoms with E-state index in [2.05, 4.69) is 9.80 Å². The normalized spacial score (nSPS) is 22.1. The zero-order chi connectivity index (χ0) is 19.2. The first-order valence-corrected chi connectivity index (χ1v) is 10.2. The minimum atomic E-state index is -0.00559. The molecule has 2 saturated heterocycles. The molecule has 1 aromatic rings. The van der Waals surface area contributed by atoms with E-state index in [-0.39, 0.29) is 17.9 Å². The summed E-state index contributed by atoms with van der Waals surface area (Å²) in [7, 11) is 1.85. The van der Waals surface area contributed by atoms with Gasteiger partial charge < -0.3 is 14.7 Å². The zero-order valence-corrected chi connectivity index (χ0v) is 16.6. The molecule has 3 rings (SSSR count). The van der Waals surface area contributed by atoms with E-state index in [1.807, 2.05) is 49.2 Å². The second kappa shape index (κ2) is 9.33. The van der Waals surface area contributed by atoms with Gasteiger partial charge in [-0.2, -0.15) is 0 Å². The molecule has 27 heavy (non-hydrogen) atoms. The van der Waals surface area contributed by atoms with Gasteiger partial charge in [0.05, 0.1) is 6.04 Å². The standard InChI is InChI=1S/C21H32N4O2/c1-3-22(2)20(26)11-13-23-14-16-24(17-15-23)19-10-7-12-25(21(19)27)18-8-5-4-6-9-18/h4-6,8-9,19H,3,7,10-17H2,1-2H3. The van der Waals surface area contributed by atoms with E-state index in [9.17, 15) is 9.59 Å². The first-order valence-electron chi connectivity index (χ1n) is 10.2. The number of rotatable bonds is 6. The van der Waals surface area contributed by atoms with Crippen LogP contribution in [-0.4, -0.2) is 85.4 Å². The average molecular weight is 373 g/mol. The lowest BCUT2D eigenvalue weighted by Gasteiger charge is -2.42. The Kier molecular flexibility index (Phi) is 6.85. The van der Waals surface area contributed by atoms with Crippen LogP contribution in [0.5, 0.6) is 0 Å². The lowest BCUT2D eigenvalue weighted by molar-refractivity contribution is -0.130. The van der Waals surface area contributed by atoms with Crippen molar-refractivity contribution in [3.63, 3.8) is 0 Å². The van der Waals surface area contributed by atoms with E-state index in [0.29, 0.717) is 6.42 Å². The number of piperidine rings is 1. The summed E-state index contributed by atoms with van der Waals surface area (Å²) >= 11 is 0. The molecule has 6 heteroatoms. The van der Waals surface area contributed by atoms with Gasteiger partial charge in [0.2, 0.25) is 11.8 Å². The molecule has 148 valence electrons. The Morgan fingerprint density at radius 3 is 2.48 bits per heavy atom. The number of piperazine rings is 1. The number of amides is 2. The van der Waals surface area contributed by atoms with Gasteiger partial charge in [-0.05, 0) is 31.9 Å². The van der Waals surface area contributed by atoms with E-state index >= 15 is 0 Å². The minimum Gasteiger partial charge on any atom is -0.346 e. The Labute approximate surface area is 162 Å². The molecular formula is C21H32N4O2. The fourth-order valence-corrected chi connectivity index (χ4v) is 3.98. The van der Waals surface area contributed by atoms with Crippen molar-refractivity contribution >= 4 is 17.5 Å². The maximum absolute atomic E-state index is 13.1. The molecule has 1 aromatic carbocycles. The van der Waals surface area contributed by atoms with Gasteiger partial charge in [-0.25, -0.2) is 0 Å². The largest absolute Gasteiger partial charge is 0.346 e. The minimum absolute atomic E-state index is 0.00559. The molecular weight excluding hydrogens is 340 g/mol. The highest BCUT2D eigenvalue weighted by atomic mass is 16.2. The van der Waals surface area contributed by atoms with Crippen molar-refractivity contribution in [2.45, 2.75) is 32.2 Å². The number of benzene rings is 1. The molecule has 1 atom stereocenters. The highest BCUT2D eigenvalue weighted by Gasteiger charge is 2.35. The third kappa shape index (κ3) is 4.87. The molecule has 0 aromatic heterocycles. The maximum atomic E-state index is 13.1. The van der Waals surface area contributed by atoms with Gasteiger partial charge in [-0.1, -0.05) is 18.2 Å². The number of para-hydroxylation sites is 1. The molecule has 2 aliphatic heterocycles. The molecule has 0 spiro atoms. The lowest BCUT2D eigenvalue weighted by atomic mass is 10.0. The SMILES string of the molecule is CCN(C)C(=O)CCN1CCN(C2CCCN(c3ccccc3)C2=O)CC1. The number of nitrogens with zero attached hydrogens (tertiary/aromatic N) is 4. The van der Waals surface area contributed by atoms with Crippen LogP contribution in [0, 0.1) is 0 Å². The first-order chi connectivity index (χ1) is 13.1. The van der Waals surface area contributed by atoms with Gasteiger partial charge >= 0.3 is 0 Å². The van der Waals surface area contributed by atoms with Gasteiger partial charge in [0, 0.05) is 65.0 Å². The van der Waals surface area contributed by atoms with Crippen LogP contribution >= 0.6 is 0 Å². The highest BCUT2D eigenvalue weighted by molar-refractivity contribution is 5.97. The molecule has 2 fully saturated rings. The summed E-state index contributed by atoms with van der Waals surface area (Å²) in [5, 5.41) is 0. The predicted octanol–water partition coefficient (Wildman–Crippen LogP) is 1.67. The Bertz CT molecular complexity index is 628. The molecule has 2 amide bonds. The Morgan fingerprint density at radius 1 is 1.11 bits per heavy atom. The molecule has 0 radical (unpaired) electrons. The van der Waals surface area contributed by atoms with Crippen LogP contribution in [0.3, 0.4) is 0 Å². The average Bonchev–Trinajstić information content (AvgIpc) is 2.72. The number of carbonyl (C=O) groups is 2. The van der Waals surface area contributed by atoms with E-state index in [1.54, 1.807) is 4.90 Å². The molecule has 0 aliphatic carbocycles. The van der Waals surface area contributed by atoms with Gasteiger partial charge in [-0.3, -0.25) is 14.5 Å². The maximum Gasteiger partial charge on any atom is 0.244 e. The predicted molar refractivity (Wildman–Crippen MR) is 108 cm³/mol. The van der Waals surface area contributed by atoms with Crippen molar-refractivity contribution < 1.29 is 9.59 Å². The summed E-state index contributed by atoms with van der Waals surface area (Å²) in [5.74, 6) is 0.446. The third-order valence-corrected chi connectivity index (χ3v) is 5.87. The number of anilines is 1. The fourth-order valence-electron chi connectivity index (χ4n) is 3.98. The van der Waals surface area contributed by atoms with Crippen LogP contribution in [0.25, 0.3) is 0 Å². The van der Waals surface area contributed by atoms with E-state index in [1.165, 1.54) is 0 Å². The van der Waals surface area contributed by atoms with E-state index in [4.69, 9.17) is 0 Å². The van der Waals surface area contributed by atoms with Crippen LogP contribution in [0.1, 0.15) is 26.2 Å². The van der Waals surface area contributed by atoms with Gasteiger partial charge in [0.25, 0.3) is 0 Å². The quantitative estimate of drug-likeness (QED) is 0.762. The Morgan fingerprint density at radius 2 is 1.81 bits per heavy atom. The smallest absolute Gasteiger partial charge is 0.244 e. The van der Waals surface area contributed by atoms with Crippen molar-refractivity contribution in [3.8, 4) is 0 Å². The van der Waals surface area contributed by atoms with Gasteiger partial charge in [0.1, 0.15) is 0 Å². The van der Waals surface area contributed by atoms with Crippen LogP contribution in [-0.2, 0) is 9.59 Å². The second-order valence-electron chi connectivity index (χ2n) is 7.52. The summed E-state index contributed by atoms with van der Waals surface area (Å²) in [6.07, 6.45) is 2.57. The van der Waals surface area contributed by atoms with Crippen molar-refractivity contribution in [2.24, 2.45) is 0 Å². The van der Waals surface area contributed by atoms with Crippen molar-refractivity contribution in [3.05, 3.63) is 30.3 Å². The molecule has 0 saturated carbocycles. The van der Waals surface area contributed by atoms with E-state index in [0.717, 1.165) is 64.3 Å². The van der Waals surface area contributed by atoms with Gasteiger partial charge in [-0.15, -0.1) is 0 Å². The summed E-state index contributed by atoms with van der Waals surface area (Å²) in [6.45, 7) is 8.03. The first kappa shape index (κ1) is 19.8. The summed E-state index contributed by atoms with van der Waals surface area (Å²) in [5.41, 5.74) is 1.00. The monoisotopic (exact) mass is 372 g/mol. The molecule has 2 aliphatic rings. The van der Waals surface area contributed by atoms with Crippen molar-refractivity contribution in [2.75, 3.05) is 57.8 Å². The molecule has 0 N–H and O–H groups in total. The second-order valence-corrected chi connectivity index (χ2v) is 7.52. The van der Waals surface area contributed by atoms with Gasteiger partial charge in [0.15, 0.2) is 0 Å². The number of hydrogen-bond donors (Lipinski definition) is 0. The fraction of sp³-hybridized carbons (Fsp3) is 0.619. The summed E-state index contributed by atoms with van der Waals surface area (Å²) in [4.78, 5) is 33.4. The third-order valence-electron chi connectivity index (χ3n) is 5.87. The van der Waals surface area contributed by atoms with E-state index < -0.39 is 0 Å². The molecule has 2 heterocycles. The lowest BCUT2D eigenvalue weighted by Crippen LogP contribution is -2.58. The van der Waals surface area contributed by atoms with Crippen LogP contribution in [0.2, 0.25) is 0 Å². The Balaban J connectivity index is 1.50. The van der Waals surface area contributed by atoms with Crippen LogP contribution in [0.4, 0.5) is 5.69 Å². The molecule has 6 nitrogen and oxygen atoms in total. The highest BCUT2D eigenvalue weighted by Crippen LogP contribution is 2.24. The van der Waals surface area contributed by atoms with Crippen LogP contribution in [0.15, 0.2) is 30.3 Å². The molecule has 1 unspecified atom stereocenters. The number of carbonyl (C=O) groups excluding carboxylic acids is 2.